The second kappa shape index (κ2) is 7.93. The lowest BCUT2D eigenvalue weighted by molar-refractivity contribution is -0.00880. The lowest BCUT2D eigenvalue weighted by Crippen LogP contribution is -2.09. The first-order valence-corrected chi connectivity index (χ1v) is 6.53. The molecule has 0 saturated heterocycles. The minimum absolute atomic E-state index is 0.178. The Morgan fingerprint density at radius 1 is 1.29 bits per heavy atom. The molecule has 0 saturated carbocycles. The highest BCUT2D eigenvalue weighted by Gasteiger charge is 2.09. The first kappa shape index (κ1) is 14.8. The molecule has 0 spiro atoms. The van der Waals surface area contributed by atoms with Crippen LogP contribution < -0.4 is 4.74 Å². The number of methoxy groups -OCH3 is 1. The molecule has 0 fully saturated rings. The zero-order valence-corrected chi connectivity index (χ0v) is 12.3. The SMILES string of the molecule is CCc1cc(Br)cc(Cl)c1OCOCCOC. The molecule has 5 heteroatoms. The zero-order valence-electron chi connectivity index (χ0n) is 9.96. The quantitative estimate of drug-likeness (QED) is 0.566. The van der Waals surface area contributed by atoms with Crippen LogP contribution >= 0.6 is 27.5 Å². The number of rotatable bonds is 7. The summed E-state index contributed by atoms with van der Waals surface area (Å²) in [4.78, 5) is 0. The van der Waals surface area contributed by atoms with Crippen LogP contribution in [0, 0.1) is 0 Å². The van der Waals surface area contributed by atoms with Gasteiger partial charge < -0.3 is 14.2 Å². The largest absolute Gasteiger partial charge is 0.466 e. The highest BCUT2D eigenvalue weighted by atomic mass is 79.9. The van der Waals surface area contributed by atoms with E-state index in [1.54, 1.807) is 7.11 Å². The average molecular weight is 324 g/mol. The molecule has 0 atom stereocenters. The summed E-state index contributed by atoms with van der Waals surface area (Å²) in [6.07, 6.45) is 0.854. The van der Waals surface area contributed by atoms with Gasteiger partial charge in [-0.15, -0.1) is 0 Å². The highest BCUT2D eigenvalue weighted by molar-refractivity contribution is 9.10. The van der Waals surface area contributed by atoms with Crippen LogP contribution in [0.15, 0.2) is 16.6 Å². The third-order valence-electron chi connectivity index (χ3n) is 2.18. The van der Waals surface area contributed by atoms with Gasteiger partial charge in [0.2, 0.25) is 0 Å². The van der Waals surface area contributed by atoms with Crippen LogP contribution in [0.25, 0.3) is 0 Å². The van der Waals surface area contributed by atoms with Crippen LogP contribution in [0.1, 0.15) is 12.5 Å². The number of hydrogen-bond donors (Lipinski definition) is 0. The number of hydrogen-bond acceptors (Lipinski definition) is 3. The fourth-order valence-electron chi connectivity index (χ4n) is 1.34. The Kier molecular flexibility index (Phi) is 6.89. The molecule has 0 unspecified atom stereocenters. The molecule has 0 radical (unpaired) electrons. The summed E-state index contributed by atoms with van der Waals surface area (Å²) in [6, 6.07) is 3.81. The minimum Gasteiger partial charge on any atom is -0.466 e. The number of aryl methyl sites for hydroxylation is 1. The van der Waals surface area contributed by atoms with Crippen LogP contribution in [-0.2, 0) is 15.9 Å². The van der Waals surface area contributed by atoms with Crippen molar-refractivity contribution in [2.75, 3.05) is 27.1 Å². The molecule has 96 valence electrons. The smallest absolute Gasteiger partial charge is 0.189 e. The number of ether oxygens (including phenoxy) is 3. The van der Waals surface area contributed by atoms with Crippen molar-refractivity contribution in [2.45, 2.75) is 13.3 Å². The van der Waals surface area contributed by atoms with Gasteiger partial charge in [0.1, 0.15) is 5.75 Å². The summed E-state index contributed by atoms with van der Waals surface area (Å²) in [6.45, 7) is 3.29. The maximum atomic E-state index is 6.12. The van der Waals surface area contributed by atoms with Crippen LogP contribution in [0.4, 0.5) is 0 Å². The van der Waals surface area contributed by atoms with E-state index in [4.69, 9.17) is 25.8 Å². The molecule has 0 aliphatic heterocycles. The lowest BCUT2D eigenvalue weighted by atomic mass is 10.1. The van der Waals surface area contributed by atoms with Gasteiger partial charge in [0.25, 0.3) is 0 Å². The van der Waals surface area contributed by atoms with Gasteiger partial charge in [0, 0.05) is 11.6 Å². The van der Waals surface area contributed by atoms with Crippen molar-refractivity contribution >= 4 is 27.5 Å². The van der Waals surface area contributed by atoms with E-state index in [0.29, 0.717) is 24.0 Å². The molecule has 0 aromatic heterocycles. The Morgan fingerprint density at radius 3 is 2.71 bits per heavy atom. The summed E-state index contributed by atoms with van der Waals surface area (Å²) in [5, 5.41) is 0.589. The van der Waals surface area contributed by atoms with Crippen molar-refractivity contribution in [3.63, 3.8) is 0 Å². The first-order chi connectivity index (χ1) is 8.19. The fraction of sp³-hybridized carbons (Fsp3) is 0.500. The zero-order chi connectivity index (χ0) is 12.7. The van der Waals surface area contributed by atoms with E-state index in [-0.39, 0.29) is 6.79 Å². The van der Waals surface area contributed by atoms with Crippen LogP contribution in [0.3, 0.4) is 0 Å². The van der Waals surface area contributed by atoms with E-state index >= 15 is 0 Å². The Bertz CT molecular complexity index is 358. The summed E-state index contributed by atoms with van der Waals surface area (Å²) in [5.74, 6) is 0.690. The van der Waals surface area contributed by atoms with E-state index in [9.17, 15) is 0 Å². The second-order valence-corrected chi connectivity index (χ2v) is 4.72. The maximum Gasteiger partial charge on any atom is 0.189 e. The van der Waals surface area contributed by atoms with Gasteiger partial charge in [-0.25, -0.2) is 0 Å². The first-order valence-electron chi connectivity index (χ1n) is 5.36. The average Bonchev–Trinajstić information content (AvgIpc) is 2.30. The second-order valence-electron chi connectivity index (χ2n) is 3.39. The normalized spacial score (nSPS) is 10.6. The fourth-order valence-corrected chi connectivity index (χ4v) is 2.27. The molecule has 0 bridgehead atoms. The molecule has 0 aliphatic carbocycles. The molecule has 0 heterocycles. The molecular formula is C12H16BrClO3. The Morgan fingerprint density at radius 2 is 2.06 bits per heavy atom. The van der Waals surface area contributed by atoms with Gasteiger partial charge in [-0.3, -0.25) is 0 Å². The van der Waals surface area contributed by atoms with Crippen molar-refractivity contribution in [3.05, 3.63) is 27.2 Å². The van der Waals surface area contributed by atoms with Gasteiger partial charge in [-0.05, 0) is 24.1 Å². The molecule has 1 aromatic carbocycles. The van der Waals surface area contributed by atoms with Gasteiger partial charge in [0.05, 0.1) is 18.2 Å². The van der Waals surface area contributed by atoms with Crippen LogP contribution in [0.2, 0.25) is 5.02 Å². The molecule has 17 heavy (non-hydrogen) atoms. The van der Waals surface area contributed by atoms with E-state index in [0.717, 1.165) is 16.5 Å². The number of benzene rings is 1. The summed E-state index contributed by atoms with van der Waals surface area (Å²) < 4.78 is 16.6. The summed E-state index contributed by atoms with van der Waals surface area (Å²) in [5.41, 5.74) is 1.06. The molecular weight excluding hydrogens is 307 g/mol. The maximum absolute atomic E-state index is 6.12. The van der Waals surface area contributed by atoms with Crippen molar-refractivity contribution in [1.29, 1.82) is 0 Å². The van der Waals surface area contributed by atoms with E-state index in [1.165, 1.54) is 0 Å². The Labute approximate surface area is 115 Å². The third-order valence-corrected chi connectivity index (χ3v) is 2.92. The van der Waals surface area contributed by atoms with Crippen molar-refractivity contribution in [1.82, 2.24) is 0 Å². The molecule has 0 aliphatic rings. The highest BCUT2D eigenvalue weighted by Crippen LogP contribution is 2.32. The van der Waals surface area contributed by atoms with Crippen molar-refractivity contribution < 1.29 is 14.2 Å². The molecule has 3 nitrogen and oxygen atoms in total. The van der Waals surface area contributed by atoms with Gasteiger partial charge in [-0.1, -0.05) is 34.5 Å². The molecule has 1 rings (SSSR count). The molecule has 0 amide bonds. The van der Waals surface area contributed by atoms with Crippen LogP contribution in [-0.4, -0.2) is 27.1 Å². The predicted octanol–water partition coefficient (Wildman–Crippen LogP) is 3.66. The van der Waals surface area contributed by atoms with E-state index in [1.807, 2.05) is 12.1 Å². The Balaban J connectivity index is 2.57. The number of halogens is 2. The predicted molar refractivity (Wildman–Crippen MR) is 71.9 cm³/mol. The monoisotopic (exact) mass is 322 g/mol. The Hall–Kier alpha value is -0.290. The lowest BCUT2D eigenvalue weighted by Gasteiger charge is -2.13. The third kappa shape index (κ3) is 4.84. The topological polar surface area (TPSA) is 27.7 Å². The standard InChI is InChI=1S/C12H16BrClO3/c1-3-9-6-10(13)7-11(14)12(9)17-8-16-5-4-15-2/h6-7H,3-5,8H2,1-2H3. The van der Waals surface area contributed by atoms with Gasteiger partial charge in [0.15, 0.2) is 6.79 Å². The molecule has 1 aromatic rings. The van der Waals surface area contributed by atoms with Gasteiger partial charge in [-0.2, -0.15) is 0 Å². The van der Waals surface area contributed by atoms with Gasteiger partial charge >= 0.3 is 0 Å². The van der Waals surface area contributed by atoms with E-state index < -0.39 is 0 Å². The van der Waals surface area contributed by atoms with Crippen LogP contribution in [0.5, 0.6) is 5.75 Å². The molecule has 0 N–H and O–H groups in total. The minimum atomic E-state index is 0.178. The van der Waals surface area contributed by atoms with Crippen molar-refractivity contribution in [3.8, 4) is 5.75 Å². The van der Waals surface area contributed by atoms with Crippen molar-refractivity contribution in [2.24, 2.45) is 0 Å². The summed E-state index contributed by atoms with van der Waals surface area (Å²) >= 11 is 9.52. The van der Waals surface area contributed by atoms with E-state index in [2.05, 4.69) is 22.9 Å². The summed E-state index contributed by atoms with van der Waals surface area (Å²) in [7, 11) is 1.63.